The molecule has 5 nitrogen and oxygen atoms in total. The van der Waals surface area contributed by atoms with Gasteiger partial charge >= 0.3 is 5.97 Å². The van der Waals surface area contributed by atoms with Gasteiger partial charge in [0.1, 0.15) is 5.56 Å². The summed E-state index contributed by atoms with van der Waals surface area (Å²) in [7, 11) is 0. The third kappa shape index (κ3) is 2.30. The molecule has 0 radical (unpaired) electrons. The van der Waals surface area contributed by atoms with Crippen molar-refractivity contribution < 1.29 is 9.90 Å². The standard InChI is InChI=1S/C13H19N3O2/c1-4-8-9(5-2)15-16-11(10(8)12(17)18)14-13(3)6-7-13/h4-7H2,1-3H3,(H,14,16)(H,17,18). The highest BCUT2D eigenvalue weighted by atomic mass is 16.4. The van der Waals surface area contributed by atoms with Gasteiger partial charge in [-0.3, -0.25) is 0 Å². The van der Waals surface area contributed by atoms with E-state index >= 15 is 0 Å². The fourth-order valence-electron chi connectivity index (χ4n) is 2.09. The maximum atomic E-state index is 11.5. The average molecular weight is 249 g/mol. The van der Waals surface area contributed by atoms with Crippen LogP contribution in [0.2, 0.25) is 0 Å². The number of hydrogen-bond acceptors (Lipinski definition) is 4. The van der Waals surface area contributed by atoms with Crippen LogP contribution in [0.4, 0.5) is 5.82 Å². The summed E-state index contributed by atoms with van der Waals surface area (Å²) in [5, 5.41) is 20.8. The molecule has 1 aromatic rings. The summed E-state index contributed by atoms with van der Waals surface area (Å²) in [6.45, 7) is 5.98. The lowest BCUT2D eigenvalue weighted by molar-refractivity contribution is 0.0696. The number of carboxylic acid groups (broad SMARTS) is 1. The highest BCUT2D eigenvalue weighted by Crippen LogP contribution is 2.38. The highest BCUT2D eigenvalue weighted by molar-refractivity contribution is 5.95. The molecule has 1 aromatic heterocycles. The summed E-state index contributed by atoms with van der Waals surface area (Å²) in [5.74, 6) is -0.514. The molecule has 98 valence electrons. The van der Waals surface area contributed by atoms with Gasteiger partial charge in [0, 0.05) is 5.54 Å². The van der Waals surface area contributed by atoms with E-state index < -0.39 is 5.97 Å². The van der Waals surface area contributed by atoms with E-state index in [4.69, 9.17) is 0 Å². The van der Waals surface area contributed by atoms with E-state index in [2.05, 4.69) is 22.4 Å². The molecule has 0 aromatic carbocycles. The number of nitrogens with one attached hydrogen (secondary N) is 1. The van der Waals surface area contributed by atoms with Crippen LogP contribution in [0.3, 0.4) is 0 Å². The molecular weight excluding hydrogens is 230 g/mol. The van der Waals surface area contributed by atoms with Crippen molar-refractivity contribution in [1.29, 1.82) is 0 Å². The minimum Gasteiger partial charge on any atom is -0.478 e. The highest BCUT2D eigenvalue weighted by Gasteiger charge is 2.39. The van der Waals surface area contributed by atoms with Gasteiger partial charge < -0.3 is 10.4 Å². The summed E-state index contributed by atoms with van der Waals surface area (Å²) in [5.41, 5.74) is 1.86. The molecule has 2 rings (SSSR count). The molecule has 1 saturated carbocycles. The fraction of sp³-hybridized carbons (Fsp3) is 0.615. The van der Waals surface area contributed by atoms with E-state index in [9.17, 15) is 9.90 Å². The SMILES string of the molecule is CCc1nnc(NC2(C)CC2)c(C(=O)O)c1CC. The van der Waals surface area contributed by atoms with Gasteiger partial charge in [0.05, 0.1) is 5.69 Å². The third-order valence-corrected chi connectivity index (χ3v) is 3.48. The summed E-state index contributed by atoms with van der Waals surface area (Å²) in [6, 6.07) is 0. The molecule has 0 spiro atoms. The van der Waals surface area contributed by atoms with Crippen LogP contribution in [0.25, 0.3) is 0 Å². The summed E-state index contributed by atoms with van der Waals surface area (Å²) >= 11 is 0. The zero-order valence-corrected chi connectivity index (χ0v) is 11.1. The Hall–Kier alpha value is -1.65. The van der Waals surface area contributed by atoms with Crippen LogP contribution in [0.15, 0.2) is 0 Å². The number of carbonyl (C=O) groups is 1. The molecule has 0 unspecified atom stereocenters. The van der Waals surface area contributed by atoms with Crippen LogP contribution in [0.1, 0.15) is 55.2 Å². The second kappa shape index (κ2) is 4.55. The molecule has 0 atom stereocenters. The van der Waals surface area contributed by atoms with Gasteiger partial charge in [0.25, 0.3) is 0 Å². The molecule has 1 fully saturated rings. The largest absolute Gasteiger partial charge is 0.478 e. The number of aryl methyl sites for hydroxylation is 1. The number of hydrogen-bond donors (Lipinski definition) is 2. The van der Waals surface area contributed by atoms with Gasteiger partial charge in [0.15, 0.2) is 5.82 Å². The first-order valence-electron chi connectivity index (χ1n) is 6.40. The minimum absolute atomic E-state index is 0.00236. The lowest BCUT2D eigenvalue weighted by Gasteiger charge is -2.17. The van der Waals surface area contributed by atoms with Gasteiger partial charge in [-0.2, -0.15) is 5.10 Å². The van der Waals surface area contributed by atoms with Crippen molar-refractivity contribution in [3.63, 3.8) is 0 Å². The molecule has 1 aliphatic rings. The molecule has 0 saturated heterocycles. The summed E-state index contributed by atoms with van der Waals surface area (Å²) in [6.07, 6.45) is 3.45. The Bertz CT molecular complexity index is 481. The van der Waals surface area contributed by atoms with Crippen molar-refractivity contribution in [2.24, 2.45) is 0 Å². The Kier molecular flexibility index (Phi) is 3.24. The van der Waals surface area contributed by atoms with E-state index in [-0.39, 0.29) is 11.1 Å². The topological polar surface area (TPSA) is 75.1 Å². The van der Waals surface area contributed by atoms with Crippen LogP contribution >= 0.6 is 0 Å². The van der Waals surface area contributed by atoms with E-state index in [1.165, 1.54) is 0 Å². The number of nitrogens with zero attached hydrogens (tertiary/aromatic N) is 2. The van der Waals surface area contributed by atoms with Crippen molar-refractivity contribution in [3.05, 3.63) is 16.8 Å². The zero-order chi connectivity index (χ0) is 13.3. The second-order valence-corrected chi connectivity index (χ2v) is 5.05. The first-order chi connectivity index (χ1) is 8.50. The van der Waals surface area contributed by atoms with Crippen LogP contribution in [0.5, 0.6) is 0 Å². The van der Waals surface area contributed by atoms with E-state index in [1.54, 1.807) is 0 Å². The van der Waals surface area contributed by atoms with Gasteiger partial charge in [-0.25, -0.2) is 4.79 Å². The molecule has 0 amide bonds. The van der Waals surface area contributed by atoms with Crippen molar-refractivity contribution in [1.82, 2.24) is 10.2 Å². The Morgan fingerprint density at radius 2 is 2.00 bits per heavy atom. The Morgan fingerprint density at radius 1 is 1.33 bits per heavy atom. The summed E-state index contributed by atoms with van der Waals surface area (Å²) in [4.78, 5) is 11.5. The monoisotopic (exact) mass is 249 g/mol. The first kappa shape index (κ1) is 12.8. The number of aromatic nitrogens is 2. The van der Waals surface area contributed by atoms with Gasteiger partial charge in [0.2, 0.25) is 0 Å². The zero-order valence-electron chi connectivity index (χ0n) is 11.1. The van der Waals surface area contributed by atoms with Crippen molar-refractivity contribution in [2.75, 3.05) is 5.32 Å². The fourth-order valence-corrected chi connectivity index (χ4v) is 2.09. The summed E-state index contributed by atoms with van der Waals surface area (Å²) < 4.78 is 0. The maximum Gasteiger partial charge on any atom is 0.339 e. The van der Waals surface area contributed by atoms with Gasteiger partial charge in [-0.15, -0.1) is 5.10 Å². The number of carboxylic acids is 1. The molecule has 5 heteroatoms. The molecular formula is C13H19N3O2. The van der Waals surface area contributed by atoms with Crippen molar-refractivity contribution in [3.8, 4) is 0 Å². The van der Waals surface area contributed by atoms with E-state index in [1.807, 2.05) is 13.8 Å². The predicted molar refractivity (Wildman–Crippen MR) is 69.0 cm³/mol. The minimum atomic E-state index is -0.928. The van der Waals surface area contributed by atoms with E-state index in [0.717, 1.165) is 24.1 Å². The smallest absolute Gasteiger partial charge is 0.339 e. The third-order valence-electron chi connectivity index (χ3n) is 3.48. The lowest BCUT2D eigenvalue weighted by Crippen LogP contribution is -2.22. The van der Waals surface area contributed by atoms with Gasteiger partial charge in [-0.1, -0.05) is 13.8 Å². The lowest BCUT2D eigenvalue weighted by atomic mass is 10.0. The Morgan fingerprint density at radius 3 is 2.44 bits per heavy atom. The number of aromatic carboxylic acids is 1. The number of rotatable bonds is 5. The first-order valence-corrected chi connectivity index (χ1v) is 6.40. The van der Waals surface area contributed by atoms with Crippen molar-refractivity contribution in [2.45, 2.75) is 52.0 Å². The second-order valence-electron chi connectivity index (χ2n) is 5.05. The van der Waals surface area contributed by atoms with Crippen LogP contribution in [0, 0.1) is 0 Å². The van der Waals surface area contributed by atoms with Crippen LogP contribution < -0.4 is 5.32 Å². The van der Waals surface area contributed by atoms with Crippen LogP contribution in [-0.2, 0) is 12.8 Å². The van der Waals surface area contributed by atoms with Gasteiger partial charge in [-0.05, 0) is 38.2 Å². The predicted octanol–water partition coefficient (Wildman–Crippen LogP) is 2.26. The molecule has 18 heavy (non-hydrogen) atoms. The average Bonchev–Trinajstić information content (AvgIpc) is 3.05. The Labute approximate surface area is 107 Å². The molecule has 0 bridgehead atoms. The Balaban J connectivity index is 2.48. The molecule has 2 N–H and O–H groups in total. The normalized spacial score (nSPS) is 16.4. The molecule has 0 aliphatic heterocycles. The van der Waals surface area contributed by atoms with Crippen LogP contribution in [-0.4, -0.2) is 26.8 Å². The molecule has 1 aliphatic carbocycles. The van der Waals surface area contributed by atoms with E-state index in [0.29, 0.717) is 18.7 Å². The number of anilines is 1. The van der Waals surface area contributed by atoms with Crippen molar-refractivity contribution >= 4 is 11.8 Å². The quantitative estimate of drug-likeness (QED) is 0.837. The molecule has 1 heterocycles. The maximum absolute atomic E-state index is 11.5.